The molecule has 0 aliphatic carbocycles. The first-order valence-electron chi connectivity index (χ1n) is 6.83. The highest BCUT2D eigenvalue weighted by Gasteiger charge is 2.10. The molecule has 0 fully saturated rings. The van der Waals surface area contributed by atoms with E-state index in [1.54, 1.807) is 11.9 Å². The molecule has 2 rings (SSSR count). The molecule has 1 amide bonds. The number of hydrogen-bond acceptors (Lipinski definition) is 2. The number of carbonyl (C=O) groups is 1. The van der Waals surface area contributed by atoms with Gasteiger partial charge in [-0.3, -0.25) is 4.79 Å². The number of hydrogen-bond donors (Lipinski definition) is 1. The minimum absolute atomic E-state index is 0.130. The quantitative estimate of drug-likeness (QED) is 0.846. The summed E-state index contributed by atoms with van der Waals surface area (Å²) in [6, 6.07) is 17.6. The molecule has 20 heavy (non-hydrogen) atoms. The van der Waals surface area contributed by atoms with Crippen molar-refractivity contribution in [1.29, 1.82) is 0 Å². The zero-order valence-corrected chi connectivity index (χ0v) is 11.8. The number of anilines is 2. The summed E-state index contributed by atoms with van der Waals surface area (Å²) in [5, 5.41) is 0. The van der Waals surface area contributed by atoms with Gasteiger partial charge in [-0.2, -0.15) is 0 Å². The summed E-state index contributed by atoms with van der Waals surface area (Å²) < 4.78 is 0. The van der Waals surface area contributed by atoms with Gasteiger partial charge in [0, 0.05) is 24.8 Å². The predicted octanol–water partition coefficient (Wildman–Crippen LogP) is 3.25. The van der Waals surface area contributed by atoms with Crippen molar-refractivity contribution in [1.82, 2.24) is 0 Å². The molecule has 0 aliphatic rings. The van der Waals surface area contributed by atoms with Crippen molar-refractivity contribution in [3.8, 4) is 0 Å². The van der Waals surface area contributed by atoms with Crippen molar-refractivity contribution in [2.24, 2.45) is 0 Å². The fraction of sp³-hybridized carbons (Fsp3) is 0.235. The molecule has 2 N–H and O–H groups in total. The van der Waals surface area contributed by atoms with Crippen molar-refractivity contribution in [3.63, 3.8) is 0 Å². The Morgan fingerprint density at radius 2 is 1.70 bits per heavy atom. The van der Waals surface area contributed by atoms with E-state index in [1.807, 2.05) is 42.5 Å². The van der Waals surface area contributed by atoms with E-state index in [4.69, 9.17) is 5.73 Å². The van der Waals surface area contributed by atoms with Gasteiger partial charge in [-0.1, -0.05) is 30.3 Å². The van der Waals surface area contributed by atoms with Gasteiger partial charge in [0.15, 0.2) is 0 Å². The van der Waals surface area contributed by atoms with E-state index in [2.05, 4.69) is 12.1 Å². The second-order valence-electron chi connectivity index (χ2n) is 4.88. The first-order chi connectivity index (χ1) is 9.66. The van der Waals surface area contributed by atoms with Crippen molar-refractivity contribution in [3.05, 3.63) is 60.2 Å². The molecule has 0 saturated heterocycles. The summed E-state index contributed by atoms with van der Waals surface area (Å²) >= 11 is 0. The van der Waals surface area contributed by atoms with E-state index in [1.165, 1.54) is 5.56 Å². The zero-order valence-electron chi connectivity index (χ0n) is 11.8. The molecular weight excluding hydrogens is 248 g/mol. The third kappa shape index (κ3) is 3.85. The Labute approximate surface area is 120 Å². The summed E-state index contributed by atoms with van der Waals surface area (Å²) in [6.45, 7) is 0. The number of nitrogens with two attached hydrogens (primary N) is 1. The van der Waals surface area contributed by atoms with Gasteiger partial charge in [0.1, 0.15) is 0 Å². The van der Waals surface area contributed by atoms with E-state index >= 15 is 0 Å². The van der Waals surface area contributed by atoms with Gasteiger partial charge in [-0.05, 0) is 42.7 Å². The van der Waals surface area contributed by atoms with Gasteiger partial charge < -0.3 is 10.6 Å². The smallest absolute Gasteiger partial charge is 0.226 e. The number of benzene rings is 2. The Morgan fingerprint density at radius 3 is 2.35 bits per heavy atom. The molecule has 0 radical (unpaired) electrons. The fourth-order valence-electron chi connectivity index (χ4n) is 2.10. The van der Waals surface area contributed by atoms with Gasteiger partial charge in [-0.15, -0.1) is 0 Å². The van der Waals surface area contributed by atoms with E-state index < -0.39 is 0 Å². The van der Waals surface area contributed by atoms with Crippen LogP contribution >= 0.6 is 0 Å². The number of amides is 1. The fourth-order valence-corrected chi connectivity index (χ4v) is 2.10. The Balaban J connectivity index is 1.84. The highest BCUT2D eigenvalue weighted by Crippen LogP contribution is 2.16. The Morgan fingerprint density at radius 1 is 1.05 bits per heavy atom. The number of rotatable bonds is 5. The van der Waals surface area contributed by atoms with Crippen LogP contribution in [0.5, 0.6) is 0 Å². The number of nitrogens with zero attached hydrogens (tertiary/aromatic N) is 1. The maximum Gasteiger partial charge on any atom is 0.226 e. The molecule has 3 heteroatoms. The predicted molar refractivity (Wildman–Crippen MR) is 83.6 cm³/mol. The minimum Gasteiger partial charge on any atom is -0.399 e. The monoisotopic (exact) mass is 268 g/mol. The third-order valence-corrected chi connectivity index (χ3v) is 3.35. The van der Waals surface area contributed by atoms with Crippen molar-refractivity contribution < 1.29 is 4.79 Å². The van der Waals surface area contributed by atoms with Crippen LogP contribution < -0.4 is 10.6 Å². The lowest BCUT2D eigenvalue weighted by Gasteiger charge is -2.17. The standard InChI is InChI=1S/C17H20N2O/c1-19(16-12-10-15(18)11-13-16)17(20)9-5-8-14-6-3-2-4-7-14/h2-4,6-7,10-13H,5,8-9,18H2,1H3. The van der Waals surface area contributed by atoms with Crippen molar-refractivity contribution >= 4 is 17.3 Å². The van der Waals surface area contributed by atoms with E-state index in [0.717, 1.165) is 18.5 Å². The largest absolute Gasteiger partial charge is 0.399 e. The highest BCUT2D eigenvalue weighted by atomic mass is 16.2. The van der Waals surface area contributed by atoms with Gasteiger partial charge in [0.25, 0.3) is 0 Å². The summed E-state index contributed by atoms with van der Waals surface area (Å²) in [5.41, 5.74) is 8.50. The average molecular weight is 268 g/mol. The lowest BCUT2D eigenvalue weighted by molar-refractivity contribution is -0.118. The molecule has 0 heterocycles. The van der Waals surface area contributed by atoms with Crippen LogP contribution in [0.4, 0.5) is 11.4 Å². The lowest BCUT2D eigenvalue weighted by Crippen LogP contribution is -2.25. The van der Waals surface area contributed by atoms with Crippen LogP contribution in [0, 0.1) is 0 Å². The summed E-state index contributed by atoms with van der Waals surface area (Å²) in [7, 11) is 1.80. The maximum absolute atomic E-state index is 12.1. The number of aryl methyl sites for hydroxylation is 1. The van der Waals surface area contributed by atoms with Gasteiger partial charge in [0.2, 0.25) is 5.91 Å². The van der Waals surface area contributed by atoms with Crippen LogP contribution in [0.3, 0.4) is 0 Å². The highest BCUT2D eigenvalue weighted by molar-refractivity contribution is 5.92. The molecule has 104 valence electrons. The van der Waals surface area contributed by atoms with Crippen molar-refractivity contribution in [2.75, 3.05) is 17.7 Å². The molecule has 0 atom stereocenters. The molecule has 0 aliphatic heterocycles. The van der Waals surface area contributed by atoms with Gasteiger partial charge in [-0.25, -0.2) is 0 Å². The van der Waals surface area contributed by atoms with Crippen LogP contribution in [0.2, 0.25) is 0 Å². The Hall–Kier alpha value is -2.29. The second-order valence-corrected chi connectivity index (χ2v) is 4.88. The first-order valence-corrected chi connectivity index (χ1v) is 6.83. The average Bonchev–Trinajstić information content (AvgIpc) is 2.48. The summed E-state index contributed by atoms with van der Waals surface area (Å²) in [4.78, 5) is 13.8. The number of nitrogen functional groups attached to an aromatic ring is 1. The lowest BCUT2D eigenvalue weighted by atomic mass is 10.1. The SMILES string of the molecule is CN(C(=O)CCCc1ccccc1)c1ccc(N)cc1. The maximum atomic E-state index is 12.1. The number of carbonyl (C=O) groups excluding carboxylic acids is 1. The zero-order chi connectivity index (χ0) is 14.4. The Kier molecular flexibility index (Phi) is 4.77. The summed E-state index contributed by atoms with van der Waals surface area (Å²) in [6.07, 6.45) is 2.35. The van der Waals surface area contributed by atoms with Gasteiger partial charge >= 0.3 is 0 Å². The normalized spacial score (nSPS) is 10.2. The van der Waals surface area contributed by atoms with Crippen molar-refractivity contribution in [2.45, 2.75) is 19.3 Å². The van der Waals surface area contributed by atoms with Gasteiger partial charge in [0.05, 0.1) is 0 Å². The molecule has 3 nitrogen and oxygen atoms in total. The first kappa shape index (κ1) is 14.1. The molecule has 0 saturated carbocycles. The topological polar surface area (TPSA) is 46.3 Å². The third-order valence-electron chi connectivity index (χ3n) is 3.35. The van der Waals surface area contributed by atoms with Crippen LogP contribution in [0.1, 0.15) is 18.4 Å². The van der Waals surface area contributed by atoms with Crippen LogP contribution in [0.25, 0.3) is 0 Å². The minimum atomic E-state index is 0.130. The van der Waals surface area contributed by atoms with E-state index in [9.17, 15) is 4.79 Å². The molecule has 0 spiro atoms. The molecule has 0 aromatic heterocycles. The summed E-state index contributed by atoms with van der Waals surface area (Å²) in [5.74, 6) is 0.130. The molecule has 2 aromatic carbocycles. The van der Waals surface area contributed by atoms with Crippen LogP contribution in [-0.4, -0.2) is 13.0 Å². The molecule has 0 unspecified atom stereocenters. The molecule has 2 aromatic rings. The van der Waals surface area contributed by atoms with E-state index in [0.29, 0.717) is 12.1 Å². The van der Waals surface area contributed by atoms with Crippen LogP contribution in [0.15, 0.2) is 54.6 Å². The molecular formula is C17H20N2O. The van der Waals surface area contributed by atoms with E-state index in [-0.39, 0.29) is 5.91 Å². The Bertz CT molecular complexity index is 549. The second kappa shape index (κ2) is 6.75. The molecule has 0 bridgehead atoms. The van der Waals surface area contributed by atoms with Crippen LogP contribution in [-0.2, 0) is 11.2 Å².